The molecule has 0 saturated heterocycles. The van der Waals surface area contributed by atoms with Crippen molar-refractivity contribution in [3.8, 4) is 33.9 Å². The molecule has 0 amide bonds. The second kappa shape index (κ2) is 13.4. The molecule has 0 fully saturated rings. The number of hydrogen-bond acceptors (Lipinski definition) is 4. The summed E-state index contributed by atoms with van der Waals surface area (Å²) in [5.74, 6) is 1.54. The van der Waals surface area contributed by atoms with Crippen molar-refractivity contribution in [2.75, 3.05) is 16.5 Å². The summed E-state index contributed by atoms with van der Waals surface area (Å²) in [6, 6.07) is 63.0. The van der Waals surface area contributed by atoms with Gasteiger partial charge < -0.3 is 14.5 Å². The van der Waals surface area contributed by atoms with Crippen LogP contribution in [0.5, 0.6) is 11.5 Å². The van der Waals surface area contributed by atoms with Gasteiger partial charge in [-0.25, -0.2) is 0 Å². The van der Waals surface area contributed by atoms with Gasteiger partial charge in [0.2, 0.25) is 0 Å². The normalized spacial score (nSPS) is 13.6. The minimum absolute atomic E-state index is 0.575. The maximum absolute atomic E-state index is 7.01. The zero-order valence-corrected chi connectivity index (χ0v) is 31.8. The predicted molar refractivity (Wildman–Crippen MR) is 230 cm³/mol. The second-order valence-corrected chi connectivity index (χ2v) is 15.0. The lowest BCUT2D eigenvalue weighted by atomic mass is 9.67. The van der Waals surface area contributed by atoms with Gasteiger partial charge in [0.05, 0.1) is 22.5 Å². The largest absolute Gasteiger partial charge is 0.457 e. The number of benzene rings is 7. The Kier molecular flexibility index (Phi) is 8.07. The standard InChI is InChI=1S/C52H41N3O/c1-35-29-36(2)51(37(3)30-35)55-34-54(48-26-12-13-27-49(48)55)40-21-16-22-41(31-40)56-42-32-44(47-25-14-15-28-53-47)50-43-23-10-11-24-45(43)52(46(50)33-42,38-17-6-4-7-18-38)39-19-8-5-9-20-39/h4-33H,34H2,1-3H3. The van der Waals surface area contributed by atoms with Gasteiger partial charge in [-0.3, -0.25) is 4.98 Å². The van der Waals surface area contributed by atoms with Crippen molar-refractivity contribution in [2.45, 2.75) is 26.2 Å². The fraction of sp³-hybridized carbons (Fsp3) is 0.0962. The molecule has 270 valence electrons. The highest BCUT2D eigenvalue weighted by atomic mass is 16.5. The highest BCUT2D eigenvalue weighted by Crippen LogP contribution is 2.59. The van der Waals surface area contributed by atoms with E-state index in [2.05, 4.69) is 200 Å². The summed E-state index contributed by atoms with van der Waals surface area (Å²) >= 11 is 0. The van der Waals surface area contributed by atoms with Crippen LogP contribution in [0.25, 0.3) is 22.4 Å². The zero-order chi connectivity index (χ0) is 37.8. The lowest BCUT2D eigenvalue weighted by Gasteiger charge is -2.34. The first-order valence-electron chi connectivity index (χ1n) is 19.3. The van der Waals surface area contributed by atoms with Crippen molar-refractivity contribution in [1.29, 1.82) is 0 Å². The number of para-hydroxylation sites is 2. The summed E-state index contributed by atoms with van der Waals surface area (Å²) in [5.41, 5.74) is 17.2. The summed E-state index contributed by atoms with van der Waals surface area (Å²) in [6.07, 6.45) is 1.87. The minimum atomic E-state index is -0.575. The maximum Gasteiger partial charge on any atom is 0.129 e. The van der Waals surface area contributed by atoms with E-state index in [9.17, 15) is 0 Å². The Morgan fingerprint density at radius 2 is 1.16 bits per heavy atom. The number of aryl methyl sites for hydroxylation is 3. The molecule has 1 aliphatic carbocycles. The highest BCUT2D eigenvalue weighted by Gasteiger charge is 2.47. The van der Waals surface area contributed by atoms with Gasteiger partial charge in [0.15, 0.2) is 0 Å². The van der Waals surface area contributed by atoms with E-state index in [1.54, 1.807) is 0 Å². The van der Waals surface area contributed by atoms with Gasteiger partial charge >= 0.3 is 0 Å². The van der Waals surface area contributed by atoms with Crippen LogP contribution in [0.2, 0.25) is 0 Å². The number of rotatable bonds is 7. The molecule has 4 heteroatoms. The van der Waals surface area contributed by atoms with Crippen molar-refractivity contribution in [2.24, 2.45) is 0 Å². The molecule has 4 nitrogen and oxygen atoms in total. The third-order valence-electron chi connectivity index (χ3n) is 11.5. The molecule has 0 bridgehead atoms. The molecule has 0 unspecified atom stereocenters. The Hall–Kier alpha value is -6.91. The monoisotopic (exact) mass is 723 g/mol. The summed E-state index contributed by atoms with van der Waals surface area (Å²) in [5, 5.41) is 0. The summed E-state index contributed by atoms with van der Waals surface area (Å²) in [4.78, 5) is 9.74. The van der Waals surface area contributed by atoms with Crippen molar-refractivity contribution in [3.05, 3.63) is 221 Å². The Morgan fingerprint density at radius 3 is 1.86 bits per heavy atom. The van der Waals surface area contributed by atoms with E-state index in [0.717, 1.165) is 28.4 Å². The van der Waals surface area contributed by atoms with Crippen LogP contribution in [0, 0.1) is 20.8 Å². The number of anilines is 4. The summed E-state index contributed by atoms with van der Waals surface area (Å²) in [6.45, 7) is 7.30. The first-order chi connectivity index (χ1) is 27.5. The molecule has 10 rings (SSSR count). The van der Waals surface area contributed by atoms with E-state index in [-0.39, 0.29) is 0 Å². The first-order valence-corrected chi connectivity index (χ1v) is 19.3. The summed E-state index contributed by atoms with van der Waals surface area (Å²) < 4.78 is 7.01. The van der Waals surface area contributed by atoms with E-state index < -0.39 is 5.41 Å². The fourth-order valence-electron chi connectivity index (χ4n) is 9.40. The molecule has 1 aliphatic heterocycles. The molecule has 0 spiro atoms. The van der Waals surface area contributed by atoms with Crippen LogP contribution < -0.4 is 14.5 Å². The number of fused-ring (bicyclic) bond motifs is 4. The number of hydrogen-bond donors (Lipinski definition) is 0. The van der Waals surface area contributed by atoms with Crippen molar-refractivity contribution in [3.63, 3.8) is 0 Å². The van der Waals surface area contributed by atoms with Gasteiger partial charge in [-0.05, 0) is 114 Å². The maximum atomic E-state index is 7.01. The number of aromatic nitrogens is 1. The van der Waals surface area contributed by atoms with Crippen LogP contribution in [0.15, 0.2) is 182 Å². The van der Waals surface area contributed by atoms with Crippen LogP contribution in [0.4, 0.5) is 22.7 Å². The fourth-order valence-corrected chi connectivity index (χ4v) is 9.40. The average Bonchev–Trinajstić information content (AvgIpc) is 3.76. The molecule has 2 heterocycles. The molecule has 0 radical (unpaired) electrons. The zero-order valence-electron chi connectivity index (χ0n) is 31.8. The first kappa shape index (κ1) is 33.6. The van der Waals surface area contributed by atoms with E-state index in [4.69, 9.17) is 9.72 Å². The molecule has 2 aliphatic rings. The van der Waals surface area contributed by atoms with Gasteiger partial charge in [-0.1, -0.05) is 127 Å². The quantitative estimate of drug-likeness (QED) is 0.164. The summed E-state index contributed by atoms with van der Waals surface area (Å²) in [7, 11) is 0. The molecule has 0 N–H and O–H groups in total. The van der Waals surface area contributed by atoms with Gasteiger partial charge in [-0.15, -0.1) is 0 Å². The van der Waals surface area contributed by atoms with Crippen LogP contribution in [-0.2, 0) is 5.41 Å². The predicted octanol–water partition coefficient (Wildman–Crippen LogP) is 13.1. The van der Waals surface area contributed by atoms with Gasteiger partial charge in [0.1, 0.15) is 18.2 Å². The van der Waals surface area contributed by atoms with E-state index in [0.29, 0.717) is 6.67 Å². The molecular formula is C52H41N3O. The van der Waals surface area contributed by atoms with E-state index >= 15 is 0 Å². The molecule has 56 heavy (non-hydrogen) atoms. The third-order valence-corrected chi connectivity index (χ3v) is 11.5. The number of pyridine rings is 1. The minimum Gasteiger partial charge on any atom is -0.457 e. The molecule has 1 aromatic heterocycles. The van der Waals surface area contributed by atoms with Crippen LogP contribution in [0.1, 0.15) is 38.9 Å². The lowest BCUT2D eigenvalue weighted by molar-refractivity contribution is 0.481. The van der Waals surface area contributed by atoms with Crippen molar-refractivity contribution >= 4 is 22.7 Å². The van der Waals surface area contributed by atoms with Crippen LogP contribution in [0.3, 0.4) is 0 Å². The van der Waals surface area contributed by atoms with Crippen LogP contribution in [-0.4, -0.2) is 11.7 Å². The van der Waals surface area contributed by atoms with E-state index in [1.165, 1.54) is 67.1 Å². The molecule has 8 aromatic rings. The van der Waals surface area contributed by atoms with Gasteiger partial charge in [0, 0.05) is 29.2 Å². The van der Waals surface area contributed by atoms with Crippen molar-refractivity contribution in [1.82, 2.24) is 4.98 Å². The Bertz CT molecular complexity index is 2680. The Morgan fingerprint density at radius 1 is 0.518 bits per heavy atom. The van der Waals surface area contributed by atoms with Gasteiger partial charge in [0.25, 0.3) is 0 Å². The average molecular weight is 724 g/mol. The molecule has 7 aromatic carbocycles. The Balaban J connectivity index is 1.12. The van der Waals surface area contributed by atoms with Gasteiger partial charge in [-0.2, -0.15) is 0 Å². The van der Waals surface area contributed by atoms with Crippen molar-refractivity contribution < 1.29 is 4.74 Å². The number of ether oxygens (including phenoxy) is 1. The third kappa shape index (κ3) is 5.32. The Labute approximate surface area is 328 Å². The smallest absolute Gasteiger partial charge is 0.129 e. The molecule has 0 atom stereocenters. The molecule has 0 saturated carbocycles. The van der Waals surface area contributed by atoms with E-state index in [1.807, 2.05) is 12.3 Å². The lowest BCUT2D eigenvalue weighted by Crippen LogP contribution is -2.28. The topological polar surface area (TPSA) is 28.6 Å². The second-order valence-electron chi connectivity index (χ2n) is 15.0. The number of nitrogens with zero attached hydrogens (tertiary/aromatic N) is 3. The highest BCUT2D eigenvalue weighted by molar-refractivity contribution is 5.96. The van der Waals surface area contributed by atoms with Crippen LogP contribution >= 0.6 is 0 Å². The SMILES string of the molecule is Cc1cc(C)c(N2CN(c3cccc(Oc4cc(-c5ccccn5)c5c(c4)C(c4ccccc4)(c4ccccc4)c4ccccc4-5)c3)c3ccccc32)c(C)c1. The molecular weight excluding hydrogens is 683 g/mol.